The first-order chi connectivity index (χ1) is 12.1. The number of hydrogen-bond acceptors (Lipinski definition) is 4. The molecule has 1 aromatic carbocycles. The Morgan fingerprint density at radius 1 is 1.48 bits per heavy atom. The molecule has 0 unspecified atom stereocenters. The number of aromatic nitrogens is 2. The van der Waals surface area contributed by atoms with Gasteiger partial charge in [-0.05, 0) is 31.5 Å². The second-order valence-electron chi connectivity index (χ2n) is 6.16. The van der Waals surface area contributed by atoms with Crippen molar-refractivity contribution in [2.75, 3.05) is 7.11 Å². The number of amides is 1. The molecule has 0 bridgehead atoms. The Morgan fingerprint density at radius 3 is 3.04 bits per heavy atom. The number of nitrogens with one attached hydrogen (secondary N) is 2. The highest BCUT2D eigenvalue weighted by Crippen LogP contribution is 2.29. The van der Waals surface area contributed by atoms with Crippen molar-refractivity contribution < 1.29 is 13.9 Å². The highest BCUT2D eigenvalue weighted by atomic mass is 19.1. The Kier molecular flexibility index (Phi) is 5.33. The number of ether oxygens (including phenoxy) is 1. The first-order valence-electron chi connectivity index (χ1n) is 8.48. The number of carbonyl (C=O) groups excluding carboxylic acids is 1. The fourth-order valence-electron chi connectivity index (χ4n) is 3.12. The van der Waals surface area contributed by atoms with Crippen LogP contribution in [0, 0.1) is 5.82 Å². The number of methoxy groups -OCH3 is 1. The molecule has 3 rings (SSSR count). The maximum Gasteiger partial charge on any atom is 0.220 e. The zero-order chi connectivity index (χ0) is 17.8. The molecule has 0 radical (unpaired) electrons. The molecule has 1 amide bonds. The van der Waals surface area contributed by atoms with Crippen LogP contribution in [0.15, 0.2) is 30.6 Å². The van der Waals surface area contributed by atoms with Gasteiger partial charge in [-0.15, -0.1) is 0 Å². The molecular weight excluding hydrogens is 323 g/mol. The van der Waals surface area contributed by atoms with Crippen LogP contribution in [0.1, 0.15) is 36.9 Å². The van der Waals surface area contributed by atoms with E-state index >= 15 is 0 Å². The van der Waals surface area contributed by atoms with Crippen molar-refractivity contribution in [1.82, 2.24) is 20.4 Å². The van der Waals surface area contributed by atoms with Crippen LogP contribution in [-0.4, -0.2) is 28.8 Å². The molecule has 0 spiro atoms. The summed E-state index contributed by atoms with van der Waals surface area (Å²) >= 11 is 0. The molecular formula is C18H23FN4O2. The summed E-state index contributed by atoms with van der Waals surface area (Å²) in [5.74, 6) is 0.155. The minimum Gasteiger partial charge on any atom is -0.497 e. The first kappa shape index (κ1) is 17.4. The van der Waals surface area contributed by atoms with Crippen LogP contribution in [0.2, 0.25) is 0 Å². The van der Waals surface area contributed by atoms with Gasteiger partial charge in [0.25, 0.3) is 0 Å². The van der Waals surface area contributed by atoms with Gasteiger partial charge in [0.1, 0.15) is 11.6 Å². The van der Waals surface area contributed by atoms with Crippen molar-refractivity contribution in [3.63, 3.8) is 0 Å². The molecule has 1 aliphatic heterocycles. The molecule has 7 heteroatoms. The summed E-state index contributed by atoms with van der Waals surface area (Å²) in [5.41, 5.74) is 1.50. The summed E-state index contributed by atoms with van der Waals surface area (Å²) in [6, 6.07) is 4.10. The lowest BCUT2D eigenvalue weighted by Crippen LogP contribution is -2.48. The molecule has 0 saturated carbocycles. The van der Waals surface area contributed by atoms with Crippen molar-refractivity contribution in [3.8, 4) is 5.75 Å². The van der Waals surface area contributed by atoms with E-state index in [9.17, 15) is 9.18 Å². The maximum absolute atomic E-state index is 14.4. The van der Waals surface area contributed by atoms with Gasteiger partial charge in [0.05, 0.1) is 19.3 Å². The van der Waals surface area contributed by atoms with Crippen LogP contribution in [0.25, 0.3) is 0 Å². The second kappa shape index (κ2) is 7.65. The predicted octanol–water partition coefficient (Wildman–Crippen LogP) is 2.16. The molecule has 2 N–H and O–H groups in total. The van der Waals surface area contributed by atoms with E-state index in [1.165, 1.54) is 13.2 Å². The normalized spacial score (nSPS) is 20.4. The molecule has 2 heterocycles. The highest BCUT2D eigenvalue weighted by molar-refractivity contribution is 5.77. The topological polar surface area (TPSA) is 68.2 Å². The van der Waals surface area contributed by atoms with Gasteiger partial charge in [0, 0.05) is 42.9 Å². The lowest BCUT2D eigenvalue weighted by atomic mass is 9.91. The van der Waals surface area contributed by atoms with Crippen molar-refractivity contribution >= 4 is 5.91 Å². The lowest BCUT2D eigenvalue weighted by Gasteiger charge is -2.33. The summed E-state index contributed by atoms with van der Waals surface area (Å²) in [7, 11) is 1.54. The summed E-state index contributed by atoms with van der Waals surface area (Å²) < 4.78 is 21.4. The number of nitrogens with zero attached hydrogens (tertiary/aromatic N) is 2. The smallest absolute Gasteiger partial charge is 0.220 e. The molecule has 0 aliphatic carbocycles. The minimum atomic E-state index is -0.433. The summed E-state index contributed by atoms with van der Waals surface area (Å²) in [6.45, 7) is 3.46. The third-order valence-electron chi connectivity index (χ3n) is 4.52. The molecule has 2 atom stereocenters. The maximum atomic E-state index is 14.4. The van der Waals surface area contributed by atoms with Crippen LogP contribution in [0.5, 0.6) is 5.75 Å². The minimum absolute atomic E-state index is 0.0655. The molecule has 6 nitrogen and oxygen atoms in total. The first-order valence-corrected chi connectivity index (χ1v) is 8.48. The summed E-state index contributed by atoms with van der Waals surface area (Å²) in [5, 5.41) is 10.6. The average molecular weight is 346 g/mol. The second-order valence-corrected chi connectivity index (χ2v) is 6.16. The zero-order valence-electron chi connectivity index (χ0n) is 14.5. The van der Waals surface area contributed by atoms with E-state index in [1.54, 1.807) is 12.1 Å². The average Bonchev–Trinajstić information content (AvgIpc) is 3.09. The molecule has 1 aliphatic rings. The van der Waals surface area contributed by atoms with E-state index in [4.69, 9.17) is 4.74 Å². The molecule has 25 heavy (non-hydrogen) atoms. The molecule has 1 aromatic heterocycles. The Balaban J connectivity index is 1.77. The Labute approximate surface area is 146 Å². The lowest BCUT2D eigenvalue weighted by molar-refractivity contribution is -0.123. The van der Waals surface area contributed by atoms with E-state index in [2.05, 4.69) is 15.7 Å². The SMILES string of the molecule is CCn1cc(CN[C@@H]2CCC(=O)N[C@H]2c2cc(OC)ccc2F)cn1. The fourth-order valence-corrected chi connectivity index (χ4v) is 3.12. The third kappa shape index (κ3) is 3.99. The number of carbonyl (C=O) groups is 1. The molecule has 1 fully saturated rings. The zero-order valence-corrected chi connectivity index (χ0v) is 14.5. The Bertz CT molecular complexity index is 746. The predicted molar refractivity (Wildman–Crippen MR) is 91.6 cm³/mol. The van der Waals surface area contributed by atoms with Crippen molar-refractivity contribution in [1.29, 1.82) is 0 Å². The largest absolute Gasteiger partial charge is 0.497 e. The number of aryl methyl sites for hydroxylation is 1. The van der Waals surface area contributed by atoms with Gasteiger partial charge in [0.2, 0.25) is 5.91 Å². The molecule has 134 valence electrons. The van der Waals surface area contributed by atoms with Gasteiger partial charge in [-0.25, -0.2) is 4.39 Å². The Hall–Kier alpha value is -2.41. The molecule has 1 saturated heterocycles. The standard InChI is InChI=1S/C18H23FN4O2/c1-3-23-11-12(10-21-23)9-20-16-6-7-17(24)22-18(16)14-8-13(25-2)4-5-15(14)19/h4-5,8,10-11,16,18,20H,3,6-7,9H2,1-2H3,(H,22,24)/t16-,18+/m1/s1. The van der Waals surface area contributed by atoms with E-state index in [1.807, 2.05) is 24.0 Å². The van der Waals surface area contributed by atoms with Gasteiger partial charge in [0.15, 0.2) is 0 Å². The van der Waals surface area contributed by atoms with Crippen LogP contribution >= 0.6 is 0 Å². The van der Waals surface area contributed by atoms with Crippen LogP contribution in [-0.2, 0) is 17.9 Å². The quantitative estimate of drug-likeness (QED) is 0.841. The molecule has 2 aromatic rings. The van der Waals surface area contributed by atoms with Crippen molar-refractivity contribution in [2.24, 2.45) is 0 Å². The number of hydrogen-bond donors (Lipinski definition) is 2. The van der Waals surface area contributed by atoms with Gasteiger partial charge in [-0.1, -0.05) is 0 Å². The van der Waals surface area contributed by atoms with Gasteiger partial charge in [-0.2, -0.15) is 5.10 Å². The van der Waals surface area contributed by atoms with Crippen molar-refractivity contribution in [2.45, 2.75) is 44.9 Å². The van der Waals surface area contributed by atoms with Crippen LogP contribution in [0.3, 0.4) is 0 Å². The number of benzene rings is 1. The van der Waals surface area contributed by atoms with E-state index in [-0.39, 0.29) is 17.8 Å². The summed E-state index contributed by atoms with van der Waals surface area (Å²) in [6.07, 6.45) is 4.87. The number of rotatable bonds is 6. The monoisotopic (exact) mass is 346 g/mol. The Morgan fingerprint density at radius 2 is 2.32 bits per heavy atom. The number of halogens is 1. The number of piperidine rings is 1. The van der Waals surface area contributed by atoms with Gasteiger partial charge >= 0.3 is 0 Å². The van der Waals surface area contributed by atoms with E-state index < -0.39 is 6.04 Å². The van der Waals surface area contributed by atoms with E-state index in [0.717, 1.165) is 12.1 Å². The third-order valence-corrected chi connectivity index (χ3v) is 4.52. The van der Waals surface area contributed by atoms with Crippen LogP contribution < -0.4 is 15.4 Å². The van der Waals surface area contributed by atoms with E-state index in [0.29, 0.717) is 30.7 Å². The van der Waals surface area contributed by atoms with Gasteiger partial charge < -0.3 is 15.4 Å². The van der Waals surface area contributed by atoms with Gasteiger partial charge in [-0.3, -0.25) is 9.48 Å². The van der Waals surface area contributed by atoms with Crippen LogP contribution in [0.4, 0.5) is 4.39 Å². The summed E-state index contributed by atoms with van der Waals surface area (Å²) in [4.78, 5) is 11.9. The van der Waals surface area contributed by atoms with Crippen molar-refractivity contribution in [3.05, 3.63) is 47.5 Å². The fraction of sp³-hybridized carbons (Fsp3) is 0.444. The highest BCUT2D eigenvalue weighted by Gasteiger charge is 2.31.